The molecule has 1 rings (SSSR count). The van der Waals surface area contributed by atoms with Gasteiger partial charge in [0, 0.05) is 0 Å². The van der Waals surface area contributed by atoms with Crippen LogP contribution in [0.4, 0.5) is 0 Å². The van der Waals surface area contributed by atoms with Crippen molar-refractivity contribution in [2.75, 3.05) is 0 Å². The van der Waals surface area contributed by atoms with Gasteiger partial charge in [-0.25, -0.2) is 4.85 Å². The van der Waals surface area contributed by atoms with E-state index >= 15 is 0 Å². The fourth-order valence-corrected chi connectivity index (χ4v) is 1.20. The molecule has 0 aromatic heterocycles. The molecule has 0 unspecified atom stereocenters. The molecule has 0 heterocycles. The first-order valence-corrected chi connectivity index (χ1v) is 3.96. The lowest BCUT2D eigenvalue weighted by molar-refractivity contribution is -0.115. The molecule has 4 nitrogen and oxygen atoms in total. The molecule has 0 N–H and O–H groups in total. The molecule has 1 aliphatic rings. The van der Waals surface area contributed by atoms with Crippen molar-refractivity contribution in [3.63, 3.8) is 0 Å². The Morgan fingerprint density at radius 2 is 1.71 bits per heavy atom. The van der Waals surface area contributed by atoms with Crippen molar-refractivity contribution in [3.8, 4) is 6.07 Å². The molecule has 0 aromatic rings. The first-order chi connectivity index (χ1) is 6.54. The van der Waals surface area contributed by atoms with Gasteiger partial charge in [-0.05, 0) is 0 Å². The number of nitrogens with zero attached hydrogens (tertiary/aromatic N) is 2. The molecule has 0 aromatic carbocycles. The van der Waals surface area contributed by atoms with E-state index in [4.69, 9.17) is 35.0 Å². The number of carbonyl (C=O) groups is 2. The zero-order chi connectivity index (χ0) is 10.9. The topological polar surface area (TPSA) is 62.3 Å². The summed E-state index contributed by atoms with van der Waals surface area (Å²) in [4.78, 5) is 25.2. The third-order valence-corrected chi connectivity index (χ3v) is 2.31. The van der Waals surface area contributed by atoms with Crippen molar-refractivity contribution in [2.24, 2.45) is 0 Å². The Kier molecular flexibility index (Phi) is 2.71. The van der Waals surface area contributed by atoms with E-state index in [-0.39, 0.29) is 0 Å². The Labute approximate surface area is 88.8 Å². The third-order valence-electron chi connectivity index (χ3n) is 1.49. The molecule has 0 aliphatic heterocycles. The molecule has 0 amide bonds. The van der Waals surface area contributed by atoms with Crippen LogP contribution in [0.25, 0.3) is 4.85 Å². The number of Topliss-reactive ketones (excluding diaryl/α,β-unsaturated/α-hetero) is 2. The normalized spacial score (nSPS) is 16.9. The second kappa shape index (κ2) is 3.63. The highest BCUT2D eigenvalue weighted by Crippen LogP contribution is 2.29. The van der Waals surface area contributed by atoms with Crippen LogP contribution in [-0.4, -0.2) is 11.6 Å². The van der Waals surface area contributed by atoms with Crippen LogP contribution >= 0.6 is 23.2 Å². The van der Waals surface area contributed by atoms with Gasteiger partial charge < -0.3 is 4.79 Å². The number of nitriles is 1. The Bertz CT molecular complexity index is 444. The van der Waals surface area contributed by atoms with Crippen molar-refractivity contribution >= 4 is 34.8 Å². The predicted octanol–water partition coefficient (Wildman–Crippen LogP) is 1.52. The quantitative estimate of drug-likeness (QED) is 0.465. The largest absolute Gasteiger partial charge is 0.301 e. The minimum absolute atomic E-state index is 0.512. The summed E-state index contributed by atoms with van der Waals surface area (Å²) >= 11 is 10.8. The summed E-state index contributed by atoms with van der Waals surface area (Å²) in [6, 6.07) is 1.45. The van der Waals surface area contributed by atoms with Crippen LogP contribution in [0.5, 0.6) is 0 Å². The molecule has 0 saturated carbocycles. The average molecular weight is 227 g/mol. The molecule has 0 spiro atoms. The van der Waals surface area contributed by atoms with Gasteiger partial charge in [-0.3, -0.25) is 4.79 Å². The highest BCUT2D eigenvalue weighted by molar-refractivity contribution is 6.59. The van der Waals surface area contributed by atoms with Crippen molar-refractivity contribution in [1.29, 1.82) is 5.26 Å². The number of carbonyl (C=O) groups excluding carboxylic acids is 2. The molecular weight excluding hydrogens is 227 g/mol. The van der Waals surface area contributed by atoms with Crippen LogP contribution in [0.3, 0.4) is 0 Å². The molecular formula is C8Cl2N2O2. The van der Waals surface area contributed by atoms with E-state index < -0.39 is 32.9 Å². The van der Waals surface area contributed by atoms with Crippen molar-refractivity contribution in [3.05, 3.63) is 32.8 Å². The number of halogens is 2. The number of allylic oxidation sites excluding steroid dienone is 3. The third kappa shape index (κ3) is 1.31. The van der Waals surface area contributed by atoms with Crippen molar-refractivity contribution in [1.82, 2.24) is 0 Å². The maximum Gasteiger partial charge on any atom is 0.256 e. The van der Waals surface area contributed by atoms with E-state index in [0.717, 1.165) is 0 Å². The number of ketones is 2. The average Bonchev–Trinajstić information content (AvgIpc) is 2.20. The number of rotatable bonds is 0. The number of hydrogen-bond donors (Lipinski definition) is 0. The van der Waals surface area contributed by atoms with Gasteiger partial charge in [-0.1, -0.05) is 23.2 Å². The smallest absolute Gasteiger partial charge is 0.256 e. The lowest BCUT2D eigenvalue weighted by Crippen LogP contribution is -2.17. The Morgan fingerprint density at radius 1 is 1.21 bits per heavy atom. The summed E-state index contributed by atoms with van der Waals surface area (Å²) in [6.07, 6.45) is 0. The Hall–Kier alpha value is -1.62. The monoisotopic (exact) mass is 226 g/mol. The molecule has 0 atom stereocenters. The molecule has 0 radical (unpaired) electrons. The summed E-state index contributed by atoms with van der Waals surface area (Å²) in [6.45, 7) is 6.63. The highest BCUT2D eigenvalue weighted by Gasteiger charge is 2.33. The predicted molar refractivity (Wildman–Crippen MR) is 48.0 cm³/mol. The molecule has 14 heavy (non-hydrogen) atoms. The molecule has 0 saturated heterocycles. The molecule has 0 fully saturated rings. The SMILES string of the molecule is [C-]#[N+]C1=C(C#N)C(=O)C(Cl)=C(Cl)C1=O. The zero-order valence-corrected chi connectivity index (χ0v) is 7.98. The van der Waals surface area contributed by atoms with Crippen molar-refractivity contribution in [2.45, 2.75) is 0 Å². The summed E-state index contributed by atoms with van der Waals surface area (Å²) in [5.41, 5.74) is -1.13. The van der Waals surface area contributed by atoms with Crippen molar-refractivity contribution < 1.29 is 9.59 Å². The molecule has 0 bridgehead atoms. The van der Waals surface area contributed by atoms with Gasteiger partial charge in [0.1, 0.15) is 10.6 Å². The van der Waals surface area contributed by atoms with Crippen LogP contribution in [-0.2, 0) is 9.59 Å². The lowest BCUT2D eigenvalue weighted by Gasteiger charge is -2.08. The highest BCUT2D eigenvalue weighted by atomic mass is 35.5. The Morgan fingerprint density at radius 3 is 2.14 bits per heavy atom. The molecule has 68 valence electrons. The van der Waals surface area contributed by atoms with E-state index in [1.165, 1.54) is 6.07 Å². The van der Waals surface area contributed by atoms with Crippen LogP contribution < -0.4 is 0 Å². The van der Waals surface area contributed by atoms with Gasteiger partial charge >= 0.3 is 0 Å². The maximum atomic E-state index is 11.2. The van der Waals surface area contributed by atoms with Gasteiger partial charge in [0.2, 0.25) is 11.6 Å². The van der Waals surface area contributed by atoms with Gasteiger partial charge in [-0.2, -0.15) is 5.26 Å². The van der Waals surface area contributed by atoms with Crippen LogP contribution in [0.2, 0.25) is 0 Å². The fourth-order valence-electron chi connectivity index (χ4n) is 0.845. The standard InChI is InChI=1S/C8Cl2N2O2/c1-12-6-3(2-11)7(13)4(9)5(10)8(6)14. The summed E-state index contributed by atoms with van der Waals surface area (Å²) < 4.78 is 0. The number of hydrogen-bond acceptors (Lipinski definition) is 3. The zero-order valence-electron chi connectivity index (χ0n) is 6.47. The maximum absolute atomic E-state index is 11.2. The van der Waals surface area contributed by atoms with Gasteiger partial charge in [-0.15, -0.1) is 0 Å². The fraction of sp³-hybridized carbons (Fsp3) is 0. The molecule has 6 heteroatoms. The first-order valence-electron chi connectivity index (χ1n) is 3.21. The van der Waals surface area contributed by atoms with Gasteiger partial charge in [0.25, 0.3) is 5.70 Å². The minimum atomic E-state index is -0.886. The Balaban J connectivity index is 3.51. The summed E-state index contributed by atoms with van der Waals surface area (Å²) in [5.74, 6) is -1.77. The molecule has 1 aliphatic carbocycles. The second-order valence-electron chi connectivity index (χ2n) is 2.23. The summed E-state index contributed by atoms with van der Waals surface area (Å²) in [5, 5.41) is 7.51. The van der Waals surface area contributed by atoms with E-state index in [1.807, 2.05) is 0 Å². The second-order valence-corrected chi connectivity index (χ2v) is 2.99. The summed E-state index contributed by atoms with van der Waals surface area (Å²) in [7, 11) is 0. The van der Waals surface area contributed by atoms with E-state index in [1.54, 1.807) is 0 Å². The van der Waals surface area contributed by atoms with E-state index in [2.05, 4.69) is 4.85 Å². The van der Waals surface area contributed by atoms with E-state index in [9.17, 15) is 9.59 Å². The van der Waals surface area contributed by atoms with Gasteiger partial charge in [0.05, 0.1) is 17.7 Å². The van der Waals surface area contributed by atoms with Crippen LogP contribution in [0.1, 0.15) is 0 Å². The van der Waals surface area contributed by atoms with E-state index in [0.29, 0.717) is 0 Å². The van der Waals surface area contributed by atoms with Crippen LogP contribution in [0.15, 0.2) is 21.3 Å². The minimum Gasteiger partial charge on any atom is -0.301 e. The van der Waals surface area contributed by atoms with Gasteiger partial charge in [0.15, 0.2) is 0 Å². The van der Waals surface area contributed by atoms with Crippen LogP contribution in [0, 0.1) is 17.9 Å². The first kappa shape index (κ1) is 10.5. The lowest BCUT2D eigenvalue weighted by atomic mass is 10.0.